The number of amides is 2. The van der Waals surface area contributed by atoms with Crippen LogP contribution in [0.15, 0.2) is 24.3 Å². The fourth-order valence-corrected chi connectivity index (χ4v) is 0.893. The quantitative estimate of drug-likeness (QED) is 0.325. The number of hydrazine groups is 2. The minimum Gasteiger partial charge on any atom is -0.274 e. The van der Waals surface area contributed by atoms with Crippen LogP contribution >= 0.6 is 0 Å². The van der Waals surface area contributed by atoms with E-state index in [1.165, 1.54) is 0 Å². The SMILES string of the molecule is [CH2]c1cccc(N(N)C(=O)NN)c1. The molecule has 0 saturated carbocycles. The van der Waals surface area contributed by atoms with Gasteiger partial charge in [0.1, 0.15) is 0 Å². The number of nitrogens with one attached hydrogen (secondary N) is 1. The molecule has 0 heterocycles. The van der Waals surface area contributed by atoms with Crippen molar-refractivity contribution in [3.63, 3.8) is 0 Å². The van der Waals surface area contributed by atoms with Gasteiger partial charge in [0.2, 0.25) is 0 Å². The molecule has 0 bridgehead atoms. The van der Waals surface area contributed by atoms with Crippen molar-refractivity contribution < 1.29 is 4.79 Å². The Balaban J connectivity index is 2.88. The van der Waals surface area contributed by atoms with Gasteiger partial charge in [-0.05, 0) is 24.6 Å². The van der Waals surface area contributed by atoms with Crippen molar-refractivity contribution in [3.8, 4) is 0 Å². The Hall–Kier alpha value is -1.59. The molecule has 1 radical (unpaired) electrons. The Labute approximate surface area is 76.3 Å². The van der Waals surface area contributed by atoms with E-state index in [0.29, 0.717) is 5.69 Å². The Morgan fingerprint density at radius 3 is 2.77 bits per heavy atom. The molecule has 0 spiro atoms. The first-order valence-corrected chi connectivity index (χ1v) is 3.62. The van der Waals surface area contributed by atoms with Crippen molar-refractivity contribution in [1.29, 1.82) is 0 Å². The van der Waals surface area contributed by atoms with E-state index in [0.717, 1.165) is 10.6 Å². The van der Waals surface area contributed by atoms with Crippen LogP contribution in [0, 0.1) is 6.92 Å². The zero-order valence-electron chi connectivity index (χ0n) is 7.03. The molecule has 1 aromatic rings. The van der Waals surface area contributed by atoms with Crippen molar-refractivity contribution in [2.45, 2.75) is 0 Å². The summed E-state index contributed by atoms with van der Waals surface area (Å²) in [6, 6.07) is 6.34. The monoisotopic (exact) mass is 179 g/mol. The van der Waals surface area contributed by atoms with Gasteiger partial charge in [0.05, 0.1) is 5.69 Å². The number of benzene rings is 1. The molecule has 0 aromatic heterocycles. The van der Waals surface area contributed by atoms with Crippen LogP contribution in [0.3, 0.4) is 0 Å². The van der Waals surface area contributed by atoms with E-state index in [4.69, 9.17) is 11.7 Å². The van der Waals surface area contributed by atoms with Crippen molar-refractivity contribution in [2.24, 2.45) is 11.7 Å². The lowest BCUT2D eigenvalue weighted by Crippen LogP contribution is -2.47. The molecule has 0 aliphatic carbocycles. The molecule has 0 aliphatic rings. The van der Waals surface area contributed by atoms with Gasteiger partial charge in [0.15, 0.2) is 0 Å². The zero-order valence-corrected chi connectivity index (χ0v) is 7.03. The van der Waals surface area contributed by atoms with E-state index in [1.807, 2.05) is 5.43 Å². The summed E-state index contributed by atoms with van der Waals surface area (Å²) in [6.07, 6.45) is 0. The third-order valence-corrected chi connectivity index (χ3v) is 1.53. The first-order chi connectivity index (χ1) is 6.15. The second kappa shape index (κ2) is 3.88. The van der Waals surface area contributed by atoms with Crippen LogP contribution in [0.4, 0.5) is 10.5 Å². The van der Waals surface area contributed by atoms with Crippen molar-refractivity contribution in [2.75, 3.05) is 5.01 Å². The first-order valence-electron chi connectivity index (χ1n) is 3.62. The van der Waals surface area contributed by atoms with Crippen LogP contribution in [0.1, 0.15) is 5.56 Å². The maximum atomic E-state index is 11.0. The fraction of sp³-hybridized carbons (Fsp3) is 0. The van der Waals surface area contributed by atoms with Crippen LogP contribution in [-0.4, -0.2) is 6.03 Å². The Morgan fingerprint density at radius 1 is 1.54 bits per heavy atom. The molecule has 5 heteroatoms. The lowest BCUT2D eigenvalue weighted by atomic mass is 10.2. The number of hydrogen-bond donors (Lipinski definition) is 3. The van der Waals surface area contributed by atoms with Crippen molar-refractivity contribution in [3.05, 3.63) is 36.8 Å². The summed E-state index contributed by atoms with van der Waals surface area (Å²) in [7, 11) is 0. The Bertz CT molecular complexity index is 313. The van der Waals surface area contributed by atoms with E-state index in [-0.39, 0.29) is 0 Å². The lowest BCUT2D eigenvalue weighted by molar-refractivity contribution is 0.246. The van der Waals surface area contributed by atoms with Gasteiger partial charge in [-0.25, -0.2) is 21.5 Å². The third-order valence-electron chi connectivity index (χ3n) is 1.53. The smallest absolute Gasteiger partial charge is 0.274 e. The molecule has 13 heavy (non-hydrogen) atoms. The van der Waals surface area contributed by atoms with Crippen molar-refractivity contribution in [1.82, 2.24) is 5.43 Å². The molecule has 0 unspecified atom stereocenters. The van der Waals surface area contributed by atoms with Crippen LogP contribution in [0.2, 0.25) is 0 Å². The normalized spacial score (nSPS) is 9.46. The minimum absolute atomic E-state index is 0.537. The van der Waals surface area contributed by atoms with Crippen molar-refractivity contribution >= 4 is 11.7 Å². The number of carbonyl (C=O) groups excluding carboxylic acids is 1. The van der Waals surface area contributed by atoms with E-state index in [1.54, 1.807) is 24.3 Å². The summed E-state index contributed by atoms with van der Waals surface area (Å²) in [5.74, 6) is 10.3. The van der Waals surface area contributed by atoms with Gasteiger partial charge in [-0.1, -0.05) is 12.1 Å². The molecule has 0 saturated heterocycles. The number of carbonyl (C=O) groups is 1. The van der Waals surface area contributed by atoms with Gasteiger partial charge in [0.25, 0.3) is 0 Å². The van der Waals surface area contributed by atoms with Gasteiger partial charge in [-0.3, -0.25) is 5.43 Å². The van der Waals surface area contributed by atoms with Crippen LogP contribution < -0.4 is 22.1 Å². The first kappa shape index (κ1) is 9.50. The number of nitrogens with zero attached hydrogens (tertiary/aromatic N) is 1. The van der Waals surface area contributed by atoms with E-state index in [9.17, 15) is 4.79 Å². The number of urea groups is 1. The average molecular weight is 179 g/mol. The molecule has 5 nitrogen and oxygen atoms in total. The summed E-state index contributed by atoms with van der Waals surface area (Å²) in [4.78, 5) is 11.0. The second-order valence-corrected chi connectivity index (χ2v) is 2.49. The number of nitrogens with two attached hydrogens (primary N) is 2. The predicted octanol–water partition coefficient (Wildman–Crippen LogP) is 0.132. The van der Waals surface area contributed by atoms with E-state index < -0.39 is 6.03 Å². The van der Waals surface area contributed by atoms with Gasteiger partial charge >= 0.3 is 6.03 Å². The standard InChI is InChI=1S/C8H11N4O/c1-6-3-2-4-7(5-6)12(10)8(13)11-9/h2-5H,1,9-10H2,(H,11,13). The molecule has 0 aliphatic heterocycles. The summed E-state index contributed by atoms with van der Waals surface area (Å²) in [5.41, 5.74) is 3.24. The highest BCUT2D eigenvalue weighted by Gasteiger charge is 2.08. The van der Waals surface area contributed by atoms with E-state index >= 15 is 0 Å². The highest BCUT2D eigenvalue weighted by atomic mass is 16.2. The molecule has 1 rings (SSSR count). The van der Waals surface area contributed by atoms with Gasteiger partial charge in [0, 0.05) is 0 Å². The molecule has 0 fully saturated rings. The fourth-order valence-electron chi connectivity index (χ4n) is 0.893. The van der Waals surface area contributed by atoms with Crippen LogP contribution in [0.25, 0.3) is 0 Å². The molecular weight excluding hydrogens is 168 g/mol. The summed E-state index contributed by atoms with van der Waals surface area (Å²) in [6.45, 7) is 3.70. The van der Waals surface area contributed by atoms with Gasteiger partial charge in [-0.2, -0.15) is 0 Å². The largest absolute Gasteiger partial charge is 0.350 e. The number of anilines is 1. The van der Waals surface area contributed by atoms with Gasteiger partial charge < -0.3 is 0 Å². The average Bonchev–Trinajstić information content (AvgIpc) is 2.15. The lowest BCUT2D eigenvalue weighted by Gasteiger charge is -2.15. The maximum Gasteiger partial charge on any atom is 0.350 e. The topological polar surface area (TPSA) is 84.4 Å². The number of hydrogen-bond acceptors (Lipinski definition) is 3. The molecule has 1 aromatic carbocycles. The summed E-state index contributed by atoms with van der Waals surface area (Å²) < 4.78 is 0. The third kappa shape index (κ3) is 2.17. The molecule has 2 amide bonds. The highest BCUT2D eigenvalue weighted by Crippen LogP contribution is 2.12. The second-order valence-electron chi connectivity index (χ2n) is 2.49. The maximum absolute atomic E-state index is 11.0. The van der Waals surface area contributed by atoms with Gasteiger partial charge in [-0.15, -0.1) is 0 Å². The molecule has 5 N–H and O–H groups in total. The van der Waals surface area contributed by atoms with Crippen LogP contribution in [0.5, 0.6) is 0 Å². The molecular formula is C8H11N4O. The molecule has 0 atom stereocenters. The minimum atomic E-state index is -0.578. The van der Waals surface area contributed by atoms with Crippen LogP contribution in [-0.2, 0) is 0 Å². The Morgan fingerprint density at radius 2 is 2.23 bits per heavy atom. The highest BCUT2D eigenvalue weighted by molar-refractivity contribution is 5.90. The zero-order chi connectivity index (χ0) is 9.84. The number of rotatable bonds is 1. The predicted molar refractivity (Wildman–Crippen MR) is 50.3 cm³/mol. The summed E-state index contributed by atoms with van der Waals surface area (Å²) in [5, 5.41) is 0.911. The molecule has 69 valence electrons. The summed E-state index contributed by atoms with van der Waals surface area (Å²) >= 11 is 0. The van der Waals surface area contributed by atoms with E-state index in [2.05, 4.69) is 6.92 Å². The Kier molecular flexibility index (Phi) is 2.84.